The van der Waals surface area contributed by atoms with E-state index in [0.717, 1.165) is 89.9 Å². The number of quaternary nitrogens is 1. The molecule has 2 atom stereocenters. The molecule has 0 aliphatic carbocycles. The van der Waals surface area contributed by atoms with E-state index in [1.165, 1.54) is 199 Å². The smallest absolute Gasteiger partial charge is 0.306 e. The molecule has 0 radical (unpaired) electrons. The lowest BCUT2D eigenvalue weighted by Gasteiger charge is -2.26. The largest absolute Gasteiger partial charge is 0.545 e. The molecule has 9 nitrogen and oxygen atoms in total. The van der Waals surface area contributed by atoms with Crippen molar-refractivity contribution in [3.63, 3.8) is 0 Å². The predicted octanol–water partition coefficient (Wildman–Crippen LogP) is 21.5. The molecule has 0 aliphatic heterocycles. The number of allylic oxidation sites excluding steroid dienone is 16. The molecule has 0 heterocycles. The molecule has 0 aromatic rings. The molecule has 0 aromatic carbocycles. The van der Waals surface area contributed by atoms with E-state index in [4.69, 9.17) is 18.9 Å². The highest BCUT2D eigenvalue weighted by Gasteiger charge is 2.22. The fourth-order valence-electron chi connectivity index (χ4n) is 10.3. The van der Waals surface area contributed by atoms with Crippen molar-refractivity contribution < 1.29 is 42.9 Å². The number of likely N-dealkylation sites (N-methyl/N-ethyl adjacent to an activating group) is 1. The van der Waals surface area contributed by atoms with E-state index in [-0.39, 0.29) is 32.2 Å². The van der Waals surface area contributed by atoms with Gasteiger partial charge in [0.15, 0.2) is 12.4 Å². The molecule has 502 valence electrons. The van der Waals surface area contributed by atoms with Crippen LogP contribution in [0.25, 0.3) is 0 Å². The van der Waals surface area contributed by atoms with Gasteiger partial charge in [-0.05, 0) is 96.3 Å². The lowest BCUT2D eigenvalue weighted by molar-refractivity contribution is -0.870. The molecule has 0 fully saturated rings. The molecule has 0 amide bonds. The van der Waals surface area contributed by atoms with Gasteiger partial charge < -0.3 is 33.3 Å². The Balaban J connectivity index is 4.11. The Morgan fingerprint density at radius 2 is 0.655 bits per heavy atom. The van der Waals surface area contributed by atoms with Crippen molar-refractivity contribution in [2.24, 2.45) is 0 Å². The first kappa shape index (κ1) is 83.2. The molecule has 0 saturated carbocycles. The van der Waals surface area contributed by atoms with Crippen molar-refractivity contribution in [2.45, 2.75) is 334 Å². The number of rotatable bonds is 67. The molecule has 0 spiro atoms. The van der Waals surface area contributed by atoms with Gasteiger partial charge in [-0.3, -0.25) is 9.59 Å². The first-order valence-electron chi connectivity index (χ1n) is 36.4. The number of hydrogen-bond acceptors (Lipinski definition) is 8. The van der Waals surface area contributed by atoms with Crippen LogP contribution in [-0.4, -0.2) is 82.3 Å². The van der Waals surface area contributed by atoms with E-state index in [1.54, 1.807) is 0 Å². The molecule has 0 aromatic heterocycles. The Morgan fingerprint density at radius 3 is 0.989 bits per heavy atom. The molecule has 0 aliphatic rings. The summed E-state index contributed by atoms with van der Waals surface area (Å²) < 4.78 is 22.8. The van der Waals surface area contributed by atoms with Gasteiger partial charge in [0.25, 0.3) is 0 Å². The van der Waals surface area contributed by atoms with Gasteiger partial charge in [-0.25, -0.2) is 0 Å². The minimum Gasteiger partial charge on any atom is -0.545 e. The van der Waals surface area contributed by atoms with Gasteiger partial charge in [0, 0.05) is 12.8 Å². The van der Waals surface area contributed by atoms with Crippen molar-refractivity contribution in [3.05, 3.63) is 97.2 Å². The van der Waals surface area contributed by atoms with Crippen LogP contribution >= 0.6 is 0 Å². The second kappa shape index (κ2) is 68.1. The van der Waals surface area contributed by atoms with Crippen LogP contribution in [0.5, 0.6) is 0 Å². The molecule has 87 heavy (non-hydrogen) atoms. The summed E-state index contributed by atoms with van der Waals surface area (Å²) in [7, 11) is 5.93. The number of carbonyl (C=O) groups excluding carboxylic acids is 3. The number of carboxylic acids is 1. The van der Waals surface area contributed by atoms with Crippen LogP contribution in [0.2, 0.25) is 0 Å². The highest BCUT2D eigenvalue weighted by Crippen LogP contribution is 2.18. The maximum Gasteiger partial charge on any atom is 0.306 e. The van der Waals surface area contributed by atoms with Crippen LogP contribution in [0.15, 0.2) is 97.2 Å². The SMILES string of the molecule is CC/C=C\C/C=C\C/C=C\C/C=C\C/C=C\C/C=C\C/C=C\CCCCCCCCCCCC(=O)OC(COC(=O)CCCCCCCCCCCCCCCCCCCCC/C=C\CCCCCCCCCC)COC(OCC[N+](C)(C)C)C(=O)[O-]. The van der Waals surface area contributed by atoms with Gasteiger partial charge in [-0.15, -0.1) is 0 Å². The Morgan fingerprint density at radius 1 is 0.356 bits per heavy atom. The van der Waals surface area contributed by atoms with Crippen LogP contribution in [0, 0.1) is 0 Å². The van der Waals surface area contributed by atoms with E-state index >= 15 is 0 Å². The molecular formula is C78H137NO8. The fourth-order valence-corrected chi connectivity index (χ4v) is 10.3. The number of hydrogen-bond donors (Lipinski definition) is 0. The topological polar surface area (TPSA) is 111 Å². The zero-order valence-electron chi connectivity index (χ0n) is 57.4. The number of ether oxygens (including phenoxy) is 4. The van der Waals surface area contributed by atoms with Crippen molar-refractivity contribution >= 4 is 17.9 Å². The van der Waals surface area contributed by atoms with Crippen molar-refractivity contribution in [1.82, 2.24) is 0 Å². The van der Waals surface area contributed by atoms with Gasteiger partial charge in [0.2, 0.25) is 0 Å². The Hall–Kier alpha value is -3.79. The van der Waals surface area contributed by atoms with Gasteiger partial charge in [-0.1, -0.05) is 310 Å². The van der Waals surface area contributed by atoms with Gasteiger partial charge >= 0.3 is 11.9 Å². The van der Waals surface area contributed by atoms with E-state index in [9.17, 15) is 19.5 Å². The molecule has 0 N–H and O–H groups in total. The standard InChI is InChI=1S/C78H137NO8/c1-6-8-10-12-14-16-18-20-22-24-26-28-30-32-34-36-38-40-42-44-46-48-50-52-54-56-58-60-62-64-66-68-75(80)85-72-74(73-86-78(77(82)83)84-71-70-79(3,4)5)87-76(81)69-67-65-63-61-59-57-55-53-51-49-47-45-43-41-39-37-35-33-31-29-27-25-23-21-19-17-15-13-11-9-7-2/h9,11,15,17,21,23-24,26-27,29,33,35,39,41,45,47,74,78H,6-8,10,12-14,16,18-20,22,25,28,30-32,34,36-38,40,42-44,46,48-73H2,1-5H3/b11-9-,17-15-,23-21-,26-24-,29-27-,35-33-,41-39-,47-45-. The summed E-state index contributed by atoms with van der Waals surface area (Å²) in [6.07, 6.45) is 90.7. The maximum absolute atomic E-state index is 12.9. The molecule has 0 rings (SSSR count). The monoisotopic (exact) mass is 1220 g/mol. The summed E-state index contributed by atoms with van der Waals surface area (Å²) in [6.45, 7) is 4.66. The van der Waals surface area contributed by atoms with E-state index < -0.39 is 24.3 Å². The molecule has 9 heteroatoms. The number of carboxylic acid groups (broad SMARTS) is 1. The molecule has 0 bridgehead atoms. The van der Waals surface area contributed by atoms with Gasteiger partial charge in [0.05, 0.1) is 40.3 Å². The normalized spacial score (nSPS) is 13.3. The zero-order valence-corrected chi connectivity index (χ0v) is 57.4. The minimum absolute atomic E-state index is 0.144. The van der Waals surface area contributed by atoms with E-state index in [2.05, 4.69) is 111 Å². The maximum atomic E-state index is 12.9. The summed E-state index contributed by atoms with van der Waals surface area (Å²) >= 11 is 0. The summed E-state index contributed by atoms with van der Waals surface area (Å²) in [6, 6.07) is 0. The van der Waals surface area contributed by atoms with Gasteiger partial charge in [0.1, 0.15) is 13.2 Å². The summed E-state index contributed by atoms with van der Waals surface area (Å²) in [5, 5.41) is 11.8. The Labute approximate surface area is 537 Å². The lowest BCUT2D eigenvalue weighted by Crippen LogP contribution is -2.44. The van der Waals surface area contributed by atoms with Crippen molar-refractivity contribution in [3.8, 4) is 0 Å². The summed E-state index contributed by atoms with van der Waals surface area (Å²) in [4.78, 5) is 37.5. The second-order valence-corrected chi connectivity index (χ2v) is 25.5. The van der Waals surface area contributed by atoms with E-state index in [1.807, 2.05) is 21.1 Å². The fraction of sp³-hybridized carbons (Fsp3) is 0.756. The third-order valence-electron chi connectivity index (χ3n) is 15.8. The Bertz CT molecular complexity index is 1750. The molecule has 2 unspecified atom stereocenters. The van der Waals surface area contributed by atoms with Crippen LogP contribution in [0.3, 0.4) is 0 Å². The lowest BCUT2D eigenvalue weighted by atomic mass is 10.0. The van der Waals surface area contributed by atoms with Crippen LogP contribution in [-0.2, 0) is 33.3 Å². The van der Waals surface area contributed by atoms with E-state index in [0.29, 0.717) is 23.9 Å². The second-order valence-electron chi connectivity index (χ2n) is 25.5. The summed E-state index contributed by atoms with van der Waals surface area (Å²) in [5.41, 5.74) is 0. The van der Waals surface area contributed by atoms with Crippen LogP contribution < -0.4 is 5.11 Å². The number of esters is 2. The minimum atomic E-state index is -1.63. The number of unbranched alkanes of at least 4 members (excludes halogenated alkanes) is 36. The molecule has 0 saturated heterocycles. The quantitative estimate of drug-likeness (QED) is 0.0195. The third kappa shape index (κ3) is 69.5. The first-order chi connectivity index (χ1) is 42.6. The van der Waals surface area contributed by atoms with Crippen LogP contribution in [0.1, 0.15) is 322 Å². The summed E-state index contributed by atoms with van der Waals surface area (Å²) in [5.74, 6) is -2.28. The third-order valence-corrected chi connectivity index (χ3v) is 15.8. The first-order valence-corrected chi connectivity index (χ1v) is 36.4. The zero-order chi connectivity index (χ0) is 63.3. The van der Waals surface area contributed by atoms with Gasteiger partial charge in [-0.2, -0.15) is 0 Å². The average molecular weight is 1220 g/mol. The average Bonchev–Trinajstić information content (AvgIpc) is 3.56. The van der Waals surface area contributed by atoms with Crippen LogP contribution in [0.4, 0.5) is 0 Å². The Kier molecular flexibility index (Phi) is 65.2. The predicted molar refractivity (Wildman–Crippen MR) is 371 cm³/mol. The highest BCUT2D eigenvalue weighted by molar-refractivity contribution is 5.70. The molecular weight excluding hydrogens is 1080 g/mol. The van der Waals surface area contributed by atoms with Crippen molar-refractivity contribution in [2.75, 3.05) is 47.5 Å². The highest BCUT2D eigenvalue weighted by atomic mass is 16.7. The number of carbonyl (C=O) groups is 3. The van der Waals surface area contributed by atoms with Crippen molar-refractivity contribution in [1.29, 1.82) is 0 Å². The number of nitrogens with zero attached hydrogens (tertiary/aromatic N) is 1. The number of aliphatic carboxylic acids is 1.